The van der Waals surface area contributed by atoms with Gasteiger partial charge in [-0.3, -0.25) is 0 Å². The Morgan fingerprint density at radius 3 is 2.18 bits per heavy atom. The molecule has 0 aliphatic carbocycles. The van der Waals surface area contributed by atoms with Gasteiger partial charge in [0, 0.05) is 6.04 Å². The Hall–Kier alpha value is -0.890. The van der Waals surface area contributed by atoms with Gasteiger partial charge in [0.05, 0.1) is 0 Å². The summed E-state index contributed by atoms with van der Waals surface area (Å²) in [5, 5.41) is 0. The van der Waals surface area contributed by atoms with Crippen LogP contribution < -0.4 is 5.73 Å². The maximum atomic E-state index is 12.8. The van der Waals surface area contributed by atoms with Gasteiger partial charge in [0.1, 0.15) is 5.82 Å². The second-order valence-corrected chi connectivity index (χ2v) is 6.26. The van der Waals surface area contributed by atoms with Gasteiger partial charge in [-0.1, -0.05) is 39.8 Å². The van der Waals surface area contributed by atoms with Crippen LogP contribution in [0.15, 0.2) is 24.3 Å². The highest BCUT2D eigenvalue weighted by Crippen LogP contribution is 2.29. The topological polar surface area (TPSA) is 26.0 Å². The predicted octanol–water partition coefficient (Wildman–Crippen LogP) is 4.29. The van der Waals surface area contributed by atoms with Crippen LogP contribution in [0.2, 0.25) is 0 Å². The predicted molar refractivity (Wildman–Crippen MR) is 71.2 cm³/mol. The highest BCUT2D eigenvalue weighted by molar-refractivity contribution is 5.19. The molecule has 0 aliphatic heterocycles. The van der Waals surface area contributed by atoms with Crippen LogP contribution in [0.4, 0.5) is 4.39 Å². The lowest BCUT2D eigenvalue weighted by atomic mass is 9.82. The number of hydrogen-bond acceptors (Lipinski definition) is 1. The van der Waals surface area contributed by atoms with Crippen LogP contribution in [0.3, 0.4) is 0 Å². The quantitative estimate of drug-likeness (QED) is 0.830. The van der Waals surface area contributed by atoms with Crippen LogP contribution in [0.5, 0.6) is 0 Å². The van der Waals surface area contributed by atoms with Crippen molar-refractivity contribution in [2.75, 3.05) is 0 Å². The maximum Gasteiger partial charge on any atom is 0.123 e. The van der Waals surface area contributed by atoms with Crippen molar-refractivity contribution in [1.29, 1.82) is 0 Å². The molecule has 0 saturated carbocycles. The minimum absolute atomic E-state index is 0.00736. The third-order valence-electron chi connectivity index (χ3n) is 2.92. The molecule has 0 aromatic heterocycles. The standard InChI is InChI=1S/C15H24FN/c1-11(10-15(2,3)4)9-14(17)12-5-7-13(16)8-6-12/h5-8,11,14H,9-10,17H2,1-4H3. The van der Waals surface area contributed by atoms with Crippen molar-refractivity contribution in [3.8, 4) is 0 Å². The van der Waals surface area contributed by atoms with Gasteiger partial charge in [-0.05, 0) is 41.9 Å². The SMILES string of the molecule is CC(CC(N)c1ccc(F)cc1)CC(C)(C)C. The van der Waals surface area contributed by atoms with Crippen molar-refractivity contribution in [2.24, 2.45) is 17.1 Å². The highest BCUT2D eigenvalue weighted by atomic mass is 19.1. The molecule has 17 heavy (non-hydrogen) atoms. The molecule has 0 radical (unpaired) electrons. The monoisotopic (exact) mass is 237 g/mol. The number of nitrogens with two attached hydrogens (primary N) is 1. The van der Waals surface area contributed by atoms with Crippen LogP contribution in [0.1, 0.15) is 52.1 Å². The maximum absolute atomic E-state index is 12.8. The van der Waals surface area contributed by atoms with Gasteiger partial charge in [0.15, 0.2) is 0 Å². The summed E-state index contributed by atoms with van der Waals surface area (Å²) in [5.41, 5.74) is 7.50. The molecule has 96 valence electrons. The lowest BCUT2D eigenvalue weighted by Crippen LogP contribution is -2.18. The Labute approximate surface area is 104 Å². The molecule has 0 fully saturated rings. The van der Waals surface area contributed by atoms with E-state index < -0.39 is 0 Å². The molecule has 1 rings (SSSR count). The second-order valence-electron chi connectivity index (χ2n) is 6.26. The Balaban J connectivity index is 2.54. The average Bonchev–Trinajstić information content (AvgIpc) is 2.15. The van der Waals surface area contributed by atoms with E-state index in [2.05, 4.69) is 27.7 Å². The third kappa shape index (κ3) is 5.31. The largest absolute Gasteiger partial charge is 0.324 e. The van der Waals surface area contributed by atoms with Gasteiger partial charge >= 0.3 is 0 Å². The summed E-state index contributed by atoms with van der Waals surface area (Å²) in [4.78, 5) is 0. The Bertz CT molecular complexity index is 337. The summed E-state index contributed by atoms with van der Waals surface area (Å²) in [6.07, 6.45) is 2.10. The average molecular weight is 237 g/mol. The zero-order valence-corrected chi connectivity index (χ0v) is 11.3. The van der Waals surface area contributed by atoms with E-state index in [0.29, 0.717) is 11.3 Å². The van der Waals surface area contributed by atoms with E-state index in [1.807, 2.05) is 0 Å². The number of hydrogen-bond donors (Lipinski definition) is 1. The van der Waals surface area contributed by atoms with Crippen molar-refractivity contribution in [1.82, 2.24) is 0 Å². The van der Waals surface area contributed by atoms with E-state index in [9.17, 15) is 4.39 Å². The van der Waals surface area contributed by atoms with Crippen molar-refractivity contribution < 1.29 is 4.39 Å². The summed E-state index contributed by atoms with van der Waals surface area (Å²) in [7, 11) is 0. The first-order valence-electron chi connectivity index (χ1n) is 6.29. The van der Waals surface area contributed by atoms with Gasteiger partial charge < -0.3 is 5.73 Å². The second kappa shape index (κ2) is 5.63. The molecule has 0 spiro atoms. The Morgan fingerprint density at radius 2 is 1.71 bits per heavy atom. The van der Waals surface area contributed by atoms with Gasteiger partial charge in [-0.15, -0.1) is 0 Å². The van der Waals surface area contributed by atoms with Gasteiger partial charge in [0.2, 0.25) is 0 Å². The lowest BCUT2D eigenvalue weighted by Gasteiger charge is -2.25. The number of rotatable bonds is 4. The molecule has 0 heterocycles. The van der Waals surface area contributed by atoms with Crippen molar-refractivity contribution in [3.63, 3.8) is 0 Å². The number of benzene rings is 1. The Morgan fingerprint density at radius 1 is 1.18 bits per heavy atom. The van der Waals surface area contributed by atoms with Crippen molar-refractivity contribution in [3.05, 3.63) is 35.6 Å². The third-order valence-corrected chi connectivity index (χ3v) is 2.92. The molecule has 2 atom stereocenters. The Kier molecular flexibility index (Phi) is 4.70. The van der Waals surface area contributed by atoms with E-state index >= 15 is 0 Å². The zero-order valence-electron chi connectivity index (χ0n) is 11.3. The molecule has 1 aromatic rings. The first-order valence-corrected chi connectivity index (χ1v) is 6.29. The summed E-state index contributed by atoms with van der Waals surface area (Å²) < 4.78 is 12.8. The fourth-order valence-electron chi connectivity index (χ4n) is 2.41. The van der Waals surface area contributed by atoms with E-state index in [0.717, 1.165) is 18.4 Å². The molecule has 1 aromatic carbocycles. The van der Waals surface area contributed by atoms with Crippen LogP contribution >= 0.6 is 0 Å². The van der Waals surface area contributed by atoms with Crippen molar-refractivity contribution in [2.45, 2.75) is 46.6 Å². The van der Waals surface area contributed by atoms with Crippen molar-refractivity contribution >= 4 is 0 Å². The summed E-state index contributed by atoms with van der Waals surface area (Å²) in [6, 6.07) is 6.52. The first kappa shape index (κ1) is 14.2. The molecule has 0 bridgehead atoms. The zero-order chi connectivity index (χ0) is 13.1. The van der Waals surface area contributed by atoms with Crippen LogP contribution in [-0.2, 0) is 0 Å². The molecule has 2 unspecified atom stereocenters. The van der Waals surface area contributed by atoms with Gasteiger partial charge in [-0.25, -0.2) is 4.39 Å². The molecular weight excluding hydrogens is 213 g/mol. The highest BCUT2D eigenvalue weighted by Gasteiger charge is 2.18. The van der Waals surface area contributed by atoms with E-state index in [4.69, 9.17) is 5.73 Å². The summed E-state index contributed by atoms with van der Waals surface area (Å²) in [6.45, 7) is 8.96. The first-order chi connectivity index (χ1) is 7.78. The van der Waals surface area contributed by atoms with Crippen LogP contribution in [0.25, 0.3) is 0 Å². The molecule has 0 saturated heterocycles. The number of halogens is 1. The molecule has 1 nitrogen and oxygen atoms in total. The van der Waals surface area contributed by atoms with Crippen LogP contribution in [0, 0.1) is 17.2 Å². The molecule has 0 aliphatic rings. The van der Waals surface area contributed by atoms with Crippen LogP contribution in [-0.4, -0.2) is 0 Å². The smallest absolute Gasteiger partial charge is 0.123 e. The summed E-state index contributed by atoms with van der Waals surface area (Å²) >= 11 is 0. The van der Waals surface area contributed by atoms with E-state index in [-0.39, 0.29) is 11.9 Å². The lowest BCUT2D eigenvalue weighted by molar-refractivity contribution is 0.286. The van der Waals surface area contributed by atoms with Gasteiger partial charge in [0.25, 0.3) is 0 Å². The van der Waals surface area contributed by atoms with E-state index in [1.165, 1.54) is 12.1 Å². The fraction of sp³-hybridized carbons (Fsp3) is 0.600. The normalized spacial score (nSPS) is 15.6. The fourth-order valence-corrected chi connectivity index (χ4v) is 2.41. The molecular formula is C15H24FN. The minimum Gasteiger partial charge on any atom is -0.324 e. The summed E-state index contributed by atoms with van der Waals surface area (Å²) in [5.74, 6) is 0.374. The van der Waals surface area contributed by atoms with E-state index in [1.54, 1.807) is 12.1 Å². The minimum atomic E-state index is -0.205. The molecule has 2 N–H and O–H groups in total. The van der Waals surface area contributed by atoms with Gasteiger partial charge in [-0.2, -0.15) is 0 Å². The molecule has 0 amide bonds. The molecule has 2 heteroatoms.